The Bertz CT molecular complexity index is 1150. The summed E-state index contributed by atoms with van der Waals surface area (Å²) in [6, 6.07) is 8.81. The van der Waals surface area contributed by atoms with E-state index in [2.05, 4.69) is 5.32 Å². The summed E-state index contributed by atoms with van der Waals surface area (Å²) in [5.74, 6) is -1.57. The number of carbonyl (C=O) groups is 2. The fourth-order valence-corrected chi connectivity index (χ4v) is 4.76. The number of ether oxygens (including phenoxy) is 1. The van der Waals surface area contributed by atoms with Gasteiger partial charge >= 0.3 is 5.97 Å². The molecule has 1 amide bonds. The van der Waals surface area contributed by atoms with Crippen molar-refractivity contribution in [2.45, 2.75) is 30.8 Å². The Morgan fingerprint density at radius 2 is 1.78 bits per heavy atom. The zero-order valence-electron chi connectivity index (χ0n) is 17.0. The average molecular weight is 482 g/mol. The number of esters is 1. The predicted molar refractivity (Wildman–Crippen MR) is 116 cm³/mol. The highest BCUT2D eigenvalue weighted by Crippen LogP contribution is 2.27. The summed E-state index contributed by atoms with van der Waals surface area (Å²) < 4.78 is 31.6. The monoisotopic (exact) mass is 481 g/mol. The molecule has 1 N–H and O–H groups in total. The summed E-state index contributed by atoms with van der Waals surface area (Å²) in [6.07, 6.45) is 0.377. The van der Waals surface area contributed by atoms with Crippen molar-refractivity contribution in [1.29, 1.82) is 0 Å². The lowest BCUT2D eigenvalue weighted by Crippen LogP contribution is -2.30. The van der Waals surface area contributed by atoms with Gasteiger partial charge in [-0.05, 0) is 50.1 Å². The van der Waals surface area contributed by atoms with Crippen LogP contribution in [0, 0.1) is 10.1 Å². The highest BCUT2D eigenvalue weighted by molar-refractivity contribution is 7.89. The summed E-state index contributed by atoms with van der Waals surface area (Å²) in [6.45, 7) is 2.26. The summed E-state index contributed by atoms with van der Waals surface area (Å²) in [7, 11) is -3.61. The van der Waals surface area contributed by atoms with E-state index in [-0.39, 0.29) is 26.9 Å². The molecule has 1 fully saturated rings. The van der Waals surface area contributed by atoms with Crippen LogP contribution in [0.25, 0.3) is 0 Å². The van der Waals surface area contributed by atoms with E-state index in [1.54, 1.807) is 0 Å². The Hall–Kier alpha value is -3.02. The minimum absolute atomic E-state index is 0.00485. The molecule has 1 unspecified atom stereocenters. The van der Waals surface area contributed by atoms with Gasteiger partial charge in [0.1, 0.15) is 0 Å². The van der Waals surface area contributed by atoms with E-state index < -0.39 is 32.9 Å². The van der Waals surface area contributed by atoms with E-state index in [9.17, 15) is 28.1 Å². The fourth-order valence-electron chi connectivity index (χ4n) is 3.08. The zero-order chi connectivity index (χ0) is 23.5. The standard InChI is InChI=1S/C20H20ClN3O7S/c1-13(19(25)22-18-12-15(24(27)28)6-9-17(18)21)31-20(26)14-4-7-16(8-5-14)32(29,30)23-10-2-3-11-23/h4-9,12-13H,2-3,10-11H2,1H3,(H,22,25). The second kappa shape index (κ2) is 9.63. The van der Waals surface area contributed by atoms with Gasteiger partial charge in [0.15, 0.2) is 6.10 Å². The van der Waals surface area contributed by atoms with Crippen LogP contribution < -0.4 is 5.32 Å². The van der Waals surface area contributed by atoms with Crippen molar-refractivity contribution >= 4 is 44.9 Å². The molecule has 1 aliphatic heterocycles. The first-order valence-corrected chi connectivity index (χ1v) is 11.5. The van der Waals surface area contributed by atoms with Crippen LogP contribution in [0.2, 0.25) is 5.02 Å². The lowest BCUT2D eigenvalue weighted by molar-refractivity contribution is -0.384. The van der Waals surface area contributed by atoms with Gasteiger partial charge in [-0.15, -0.1) is 0 Å². The van der Waals surface area contributed by atoms with Crippen molar-refractivity contribution < 1.29 is 27.7 Å². The molecule has 2 aromatic rings. The highest BCUT2D eigenvalue weighted by atomic mass is 35.5. The molecule has 0 aliphatic carbocycles. The van der Waals surface area contributed by atoms with E-state index in [1.165, 1.54) is 47.6 Å². The molecule has 3 rings (SSSR count). The van der Waals surface area contributed by atoms with Crippen molar-refractivity contribution in [1.82, 2.24) is 4.31 Å². The van der Waals surface area contributed by atoms with Gasteiger partial charge in [0, 0.05) is 25.2 Å². The first-order valence-electron chi connectivity index (χ1n) is 9.65. The van der Waals surface area contributed by atoms with Crippen LogP contribution in [0.5, 0.6) is 0 Å². The normalized spacial score (nSPS) is 15.2. The number of rotatable bonds is 7. The number of anilines is 1. The predicted octanol–water partition coefficient (Wildman–Crippen LogP) is 3.22. The van der Waals surface area contributed by atoms with Gasteiger partial charge in [-0.2, -0.15) is 4.31 Å². The van der Waals surface area contributed by atoms with Gasteiger partial charge in [0.2, 0.25) is 10.0 Å². The third-order valence-corrected chi connectivity index (χ3v) is 7.11. The van der Waals surface area contributed by atoms with Gasteiger partial charge in [0.25, 0.3) is 11.6 Å². The molecule has 0 radical (unpaired) electrons. The van der Waals surface area contributed by atoms with Gasteiger partial charge in [-0.25, -0.2) is 13.2 Å². The lowest BCUT2D eigenvalue weighted by Gasteiger charge is -2.16. The number of hydrogen-bond acceptors (Lipinski definition) is 7. The SMILES string of the molecule is CC(OC(=O)c1ccc(S(=O)(=O)N2CCCC2)cc1)C(=O)Nc1cc([N+](=O)[O-])ccc1Cl. The molecule has 10 nitrogen and oxygen atoms in total. The largest absolute Gasteiger partial charge is 0.449 e. The average Bonchev–Trinajstić information content (AvgIpc) is 3.31. The van der Waals surface area contributed by atoms with Gasteiger partial charge < -0.3 is 10.1 Å². The summed E-state index contributed by atoms with van der Waals surface area (Å²) in [4.78, 5) is 35.0. The van der Waals surface area contributed by atoms with Gasteiger partial charge in [-0.3, -0.25) is 14.9 Å². The molecule has 32 heavy (non-hydrogen) atoms. The van der Waals surface area contributed by atoms with Crippen molar-refractivity contribution in [2.24, 2.45) is 0 Å². The highest BCUT2D eigenvalue weighted by Gasteiger charge is 2.27. The second-order valence-electron chi connectivity index (χ2n) is 7.09. The van der Waals surface area contributed by atoms with Crippen LogP contribution in [-0.2, 0) is 19.6 Å². The molecular formula is C20H20ClN3O7S. The number of nitrogens with one attached hydrogen (secondary N) is 1. The Balaban J connectivity index is 1.64. The van der Waals surface area contributed by atoms with Crippen molar-refractivity contribution in [2.75, 3.05) is 18.4 Å². The smallest absolute Gasteiger partial charge is 0.338 e. The van der Waals surface area contributed by atoms with Crippen LogP contribution in [0.3, 0.4) is 0 Å². The topological polar surface area (TPSA) is 136 Å². The Kier molecular flexibility index (Phi) is 7.12. The Morgan fingerprint density at radius 1 is 1.16 bits per heavy atom. The number of non-ortho nitro benzene ring substituents is 1. The molecule has 0 aromatic heterocycles. The van der Waals surface area contributed by atoms with Crippen LogP contribution in [0.1, 0.15) is 30.1 Å². The van der Waals surface area contributed by atoms with E-state index in [1.807, 2.05) is 0 Å². The van der Waals surface area contributed by atoms with Crippen LogP contribution >= 0.6 is 11.6 Å². The van der Waals surface area contributed by atoms with E-state index in [4.69, 9.17) is 16.3 Å². The minimum atomic E-state index is -3.61. The van der Waals surface area contributed by atoms with E-state index in [0.29, 0.717) is 13.1 Å². The maximum absolute atomic E-state index is 12.6. The number of halogens is 1. The van der Waals surface area contributed by atoms with E-state index in [0.717, 1.165) is 18.9 Å². The van der Waals surface area contributed by atoms with Crippen LogP contribution in [0.15, 0.2) is 47.4 Å². The molecule has 170 valence electrons. The number of sulfonamides is 1. The van der Waals surface area contributed by atoms with Gasteiger partial charge in [0.05, 0.1) is 26.1 Å². The zero-order valence-corrected chi connectivity index (χ0v) is 18.6. The minimum Gasteiger partial charge on any atom is -0.449 e. The van der Waals surface area contributed by atoms with Crippen LogP contribution in [-0.4, -0.2) is 48.7 Å². The van der Waals surface area contributed by atoms with Crippen molar-refractivity contribution in [3.63, 3.8) is 0 Å². The number of nitro benzene ring substituents is 1. The molecule has 1 saturated heterocycles. The number of amides is 1. The quantitative estimate of drug-likeness (QED) is 0.364. The lowest BCUT2D eigenvalue weighted by atomic mass is 10.2. The molecular weight excluding hydrogens is 462 g/mol. The summed E-state index contributed by atoms with van der Waals surface area (Å²) >= 11 is 5.95. The summed E-state index contributed by atoms with van der Waals surface area (Å²) in [5, 5.41) is 13.4. The molecule has 1 atom stereocenters. The van der Waals surface area contributed by atoms with E-state index >= 15 is 0 Å². The second-order valence-corrected chi connectivity index (χ2v) is 9.44. The van der Waals surface area contributed by atoms with Crippen LogP contribution in [0.4, 0.5) is 11.4 Å². The molecule has 1 heterocycles. The van der Waals surface area contributed by atoms with Crippen molar-refractivity contribution in [3.05, 3.63) is 63.2 Å². The maximum Gasteiger partial charge on any atom is 0.338 e. The number of carbonyl (C=O) groups excluding carboxylic acids is 2. The fraction of sp³-hybridized carbons (Fsp3) is 0.300. The maximum atomic E-state index is 12.6. The molecule has 0 bridgehead atoms. The molecule has 12 heteroatoms. The number of hydrogen-bond donors (Lipinski definition) is 1. The number of benzene rings is 2. The first-order chi connectivity index (χ1) is 15.1. The number of nitrogens with zero attached hydrogens (tertiary/aromatic N) is 2. The summed E-state index contributed by atoms with van der Waals surface area (Å²) in [5.41, 5.74) is -0.193. The van der Waals surface area contributed by atoms with Gasteiger partial charge in [-0.1, -0.05) is 11.6 Å². The Morgan fingerprint density at radius 3 is 2.38 bits per heavy atom. The first kappa shape index (κ1) is 23.6. The molecule has 0 saturated carbocycles. The Labute approximate surface area is 189 Å². The molecule has 0 spiro atoms. The molecule has 1 aliphatic rings. The third kappa shape index (κ3) is 5.23. The third-order valence-electron chi connectivity index (χ3n) is 4.86. The number of nitro groups is 1. The van der Waals surface area contributed by atoms with Crippen molar-refractivity contribution in [3.8, 4) is 0 Å². The molecule has 2 aromatic carbocycles.